The monoisotopic (exact) mass is 496 g/mol. The number of hydrogen-bond donors (Lipinski definition) is 1. The maximum atomic E-state index is 5.91. The van der Waals surface area contributed by atoms with Crippen LogP contribution >= 0.6 is 12.2 Å². The number of nitrogens with zero attached hydrogens (tertiary/aromatic N) is 3. The largest absolute Gasteiger partial charge is 0.494 e. The highest BCUT2D eigenvalue weighted by atomic mass is 32.1. The van der Waals surface area contributed by atoms with Crippen LogP contribution in [0, 0.1) is 0 Å². The molecule has 192 valence electrons. The molecule has 0 amide bonds. The Kier molecular flexibility index (Phi) is 11.1. The van der Waals surface area contributed by atoms with Crippen LogP contribution in [0.4, 0.5) is 11.4 Å². The summed E-state index contributed by atoms with van der Waals surface area (Å²) in [6.45, 7) is 16.7. The molecule has 3 rings (SSSR count). The first-order chi connectivity index (χ1) is 17.1. The molecule has 0 aromatic heterocycles. The van der Waals surface area contributed by atoms with E-state index in [1.807, 2.05) is 31.2 Å². The molecule has 0 saturated carbocycles. The van der Waals surface area contributed by atoms with E-state index in [1.165, 1.54) is 42.6 Å². The van der Waals surface area contributed by atoms with Crippen LogP contribution in [-0.2, 0) is 13.0 Å². The topological polar surface area (TPSA) is 31.0 Å². The molecule has 0 fully saturated rings. The summed E-state index contributed by atoms with van der Waals surface area (Å²) in [4.78, 5) is 7.34. The number of rotatable bonds is 13. The van der Waals surface area contributed by atoms with Crippen molar-refractivity contribution >= 4 is 28.7 Å². The van der Waals surface area contributed by atoms with Crippen molar-refractivity contribution in [3.8, 4) is 5.75 Å². The van der Waals surface area contributed by atoms with Crippen LogP contribution in [0.15, 0.2) is 42.5 Å². The molecule has 0 bridgehead atoms. The van der Waals surface area contributed by atoms with Crippen LogP contribution < -0.4 is 15.0 Å². The van der Waals surface area contributed by atoms with E-state index in [0.717, 1.165) is 62.2 Å². The summed E-state index contributed by atoms with van der Waals surface area (Å²) in [5.74, 6) is 0.881. The predicted molar refractivity (Wildman–Crippen MR) is 154 cm³/mol. The minimum Gasteiger partial charge on any atom is -0.494 e. The van der Waals surface area contributed by atoms with E-state index in [4.69, 9.17) is 17.0 Å². The van der Waals surface area contributed by atoms with Crippen LogP contribution in [0.3, 0.4) is 0 Å². The molecule has 0 aliphatic carbocycles. The second-order valence-electron chi connectivity index (χ2n) is 9.24. The molecular weight excluding hydrogens is 452 g/mol. The van der Waals surface area contributed by atoms with E-state index in [0.29, 0.717) is 6.61 Å². The standard InChI is InChI=1S/C29H44N4OS/c1-5-18-32-20-9-11-25-22-24(12-17-28(25)32)23-33(21-10-19-31(6-2)7-3)29(35)30-26-13-15-27(16-14-26)34-8-4/h12-17,22H,5-11,18-21,23H2,1-4H3,(H,30,35). The third kappa shape index (κ3) is 8.11. The zero-order valence-corrected chi connectivity index (χ0v) is 23.0. The van der Waals surface area contributed by atoms with Crippen LogP contribution in [0.25, 0.3) is 0 Å². The van der Waals surface area contributed by atoms with Gasteiger partial charge in [-0.25, -0.2) is 0 Å². The molecule has 35 heavy (non-hydrogen) atoms. The first-order valence-electron chi connectivity index (χ1n) is 13.5. The third-order valence-electron chi connectivity index (χ3n) is 6.73. The molecule has 1 aliphatic heterocycles. The van der Waals surface area contributed by atoms with Crippen LogP contribution in [0.5, 0.6) is 5.75 Å². The van der Waals surface area contributed by atoms with Gasteiger partial charge < -0.3 is 24.8 Å². The number of fused-ring (bicyclic) bond motifs is 1. The Morgan fingerprint density at radius 3 is 2.49 bits per heavy atom. The summed E-state index contributed by atoms with van der Waals surface area (Å²) in [7, 11) is 0. The molecule has 1 N–H and O–H groups in total. The quantitative estimate of drug-likeness (QED) is 0.333. The van der Waals surface area contributed by atoms with Gasteiger partial charge >= 0.3 is 0 Å². The minimum atomic E-state index is 0.669. The molecule has 5 nitrogen and oxygen atoms in total. The number of nitrogens with one attached hydrogen (secondary N) is 1. The van der Waals surface area contributed by atoms with E-state index in [2.05, 4.69) is 59.0 Å². The number of aryl methyl sites for hydroxylation is 1. The Hall–Kier alpha value is -2.31. The van der Waals surface area contributed by atoms with Gasteiger partial charge in [-0.1, -0.05) is 32.9 Å². The Morgan fingerprint density at radius 2 is 1.80 bits per heavy atom. The highest BCUT2D eigenvalue weighted by molar-refractivity contribution is 7.80. The van der Waals surface area contributed by atoms with Crippen molar-refractivity contribution in [2.45, 2.75) is 59.9 Å². The summed E-state index contributed by atoms with van der Waals surface area (Å²) in [6, 6.07) is 15.1. The number of hydrogen-bond acceptors (Lipinski definition) is 4. The van der Waals surface area contributed by atoms with Crippen molar-refractivity contribution in [2.24, 2.45) is 0 Å². The van der Waals surface area contributed by atoms with Crippen molar-refractivity contribution in [1.82, 2.24) is 9.80 Å². The third-order valence-corrected chi connectivity index (χ3v) is 7.09. The van der Waals surface area contributed by atoms with Gasteiger partial charge in [0.2, 0.25) is 0 Å². The van der Waals surface area contributed by atoms with Crippen molar-refractivity contribution < 1.29 is 4.74 Å². The molecule has 0 spiro atoms. The van der Waals surface area contributed by atoms with Crippen LogP contribution in [0.2, 0.25) is 0 Å². The van der Waals surface area contributed by atoms with E-state index < -0.39 is 0 Å². The summed E-state index contributed by atoms with van der Waals surface area (Å²) in [5.41, 5.74) is 5.23. The fourth-order valence-corrected chi connectivity index (χ4v) is 5.10. The molecule has 1 heterocycles. The summed E-state index contributed by atoms with van der Waals surface area (Å²) in [6.07, 6.45) is 4.68. The molecule has 2 aromatic carbocycles. The number of benzene rings is 2. The molecular formula is C29H44N4OS. The average molecular weight is 497 g/mol. The van der Waals surface area contributed by atoms with Gasteiger partial charge in [0.1, 0.15) is 5.75 Å². The second kappa shape index (κ2) is 14.3. The van der Waals surface area contributed by atoms with Crippen molar-refractivity contribution in [1.29, 1.82) is 0 Å². The zero-order chi connectivity index (χ0) is 25.0. The maximum Gasteiger partial charge on any atom is 0.173 e. The summed E-state index contributed by atoms with van der Waals surface area (Å²) < 4.78 is 5.58. The minimum absolute atomic E-state index is 0.669. The Morgan fingerprint density at radius 1 is 1.03 bits per heavy atom. The zero-order valence-electron chi connectivity index (χ0n) is 22.2. The molecule has 0 radical (unpaired) electrons. The van der Waals surface area contributed by atoms with Gasteiger partial charge in [0.15, 0.2) is 5.11 Å². The lowest BCUT2D eigenvalue weighted by atomic mass is 9.99. The SMILES string of the molecule is CCCN1CCCc2cc(CN(CCCN(CC)CC)C(=S)Nc3ccc(OCC)cc3)ccc21. The van der Waals surface area contributed by atoms with Crippen molar-refractivity contribution in [2.75, 3.05) is 56.1 Å². The molecule has 2 aromatic rings. The van der Waals surface area contributed by atoms with Gasteiger partial charge in [-0.15, -0.1) is 0 Å². The molecule has 0 atom stereocenters. The first kappa shape index (κ1) is 27.3. The maximum absolute atomic E-state index is 5.91. The lowest BCUT2D eigenvalue weighted by Crippen LogP contribution is -2.37. The Bertz CT molecular complexity index is 913. The number of thiocarbonyl (C=S) groups is 1. The van der Waals surface area contributed by atoms with Gasteiger partial charge in [-0.2, -0.15) is 0 Å². The van der Waals surface area contributed by atoms with Gasteiger partial charge in [0, 0.05) is 37.6 Å². The average Bonchev–Trinajstić information content (AvgIpc) is 2.87. The fourth-order valence-electron chi connectivity index (χ4n) is 4.83. The normalized spacial score (nSPS) is 13.0. The van der Waals surface area contributed by atoms with E-state index >= 15 is 0 Å². The van der Waals surface area contributed by atoms with Crippen LogP contribution in [-0.4, -0.2) is 60.8 Å². The number of anilines is 2. The van der Waals surface area contributed by atoms with E-state index in [9.17, 15) is 0 Å². The Labute approximate surface area is 218 Å². The second-order valence-corrected chi connectivity index (χ2v) is 9.63. The molecule has 0 unspecified atom stereocenters. The number of ether oxygens (including phenoxy) is 1. The molecule has 6 heteroatoms. The van der Waals surface area contributed by atoms with Gasteiger partial charge in [0.05, 0.1) is 6.61 Å². The van der Waals surface area contributed by atoms with Gasteiger partial charge in [-0.05, 0) is 106 Å². The molecule has 1 aliphatic rings. The van der Waals surface area contributed by atoms with Crippen LogP contribution in [0.1, 0.15) is 58.1 Å². The summed E-state index contributed by atoms with van der Waals surface area (Å²) in [5, 5.41) is 4.24. The predicted octanol–water partition coefficient (Wildman–Crippen LogP) is 6.18. The van der Waals surface area contributed by atoms with Crippen molar-refractivity contribution in [3.63, 3.8) is 0 Å². The smallest absolute Gasteiger partial charge is 0.173 e. The highest BCUT2D eigenvalue weighted by Crippen LogP contribution is 2.29. The lowest BCUT2D eigenvalue weighted by Gasteiger charge is -2.32. The summed E-state index contributed by atoms with van der Waals surface area (Å²) >= 11 is 5.91. The lowest BCUT2D eigenvalue weighted by molar-refractivity contribution is 0.281. The van der Waals surface area contributed by atoms with E-state index in [-0.39, 0.29) is 0 Å². The van der Waals surface area contributed by atoms with E-state index in [1.54, 1.807) is 0 Å². The fraction of sp³-hybridized carbons (Fsp3) is 0.552. The highest BCUT2D eigenvalue weighted by Gasteiger charge is 2.18. The molecule has 0 saturated heterocycles. The van der Waals surface area contributed by atoms with Gasteiger partial charge in [-0.3, -0.25) is 0 Å². The first-order valence-corrected chi connectivity index (χ1v) is 13.9. The Balaban J connectivity index is 1.71. The van der Waals surface area contributed by atoms with Gasteiger partial charge in [0.25, 0.3) is 0 Å². The van der Waals surface area contributed by atoms with Crippen molar-refractivity contribution in [3.05, 3.63) is 53.6 Å².